The van der Waals surface area contributed by atoms with Crippen molar-refractivity contribution in [3.05, 3.63) is 34.7 Å². The topological polar surface area (TPSA) is 81.2 Å². The number of hydrogen-bond donors (Lipinski definition) is 1. The van der Waals surface area contributed by atoms with Crippen LogP contribution >= 0.6 is 0 Å². The van der Waals surface area contributed by atoms with Gasteiger partial charge in [-0.1, -0.05) is 11.2 Å². The summed E-state index contributed by atoms with van der Waals surface area (Å²) in [5.41, 5.74) is 4.32. The van der Waals surface area contributed by atoms with E-state index in [0.717, 1.165) is 43.0 Å². The molecule has 1 aliphatic heterocycles. The maximum absolute atomic E-state index is 13.7. The van der Waals surface area contributed by atoms with Crippen LogP contribution in [0.2, 0.25) is 0 Å². The van der Waals surface area contributed by atoms with E-state index >= 15 is 0 Å². The highest BCUT2D eigenvalue weighted by atomic mass is 19.3. The van der Waals surface area contributed by atoms with Crippen LogP contribution in [0.1, 0.15) is 48.8 Å². The van der Waals surface area contributed by atoms with Crippen molar-refractivity contribution < 1.29 is 13.2 Å². The average molecular weight is 445 g/mol. The molecule has 2 atom stereocenters. The lowest BCUT2D eigenvalue weighted by Gasteiger charge is -2.43. The Bertz CT molecular complexity index is 1000. The molecule has 4 rings (SSSR count). The molecule has 1 unspecified atom stereocenters. The maximum atomic E-state index is 13.7. The Balaban J connectivity index is 1.41. The number of aromatic nitrogens is 2. The Morgan fingerprint density at radius 2 is 2.09 bits per heavy atom. The molecule has 2 aromatic rings. The summed E-state index contributed by atoms with van der Waals surface area (Å²) in [6.45, 7) is 9.59. The number of nitriles is 1. The van der Waals surface area contributed by atoms with Crippen molar-refractivity contribution in [1.29, 1.82) is 5.26 Å². The number of halogens is 2. The highest BCUT2D eigenvalue weighted by Crippen LogP contribution is 2.38. The van der Waals surface area contributed by atoms with Gasteiger partial charge in [0.1, 0.15) is 6.42 Å². The summed E-state index contributed by atoms with van der Waals surface area (Å²) in [7, 11) is 0. The first kappa shape index (κ1) is 22.6. The molecule has 32 heavy (non-hydrogen) atoms. The molecule has 1 aliphatic carbocycles. The molecule has 1 saturated carbocycles. The van der Waals surface area contributed by atoms with Gasteiger partial charge in [0.2, 0.25) is 11.8 Å². The highest BCUT2D eigenvalue weighted by Gasteiger charge is 2.43. The Hall–Kier alpha value is -2.57. The van der Waals surface area contributed by atoms with Gasteiger partial charge in [-0.25, -0.2) is 8.78 Å². The molecule has 1 aromatic carbocycles. The third-order valence-electron chi connectivity index (χ3n) is 6.60. The summed E-state index contributed by atoms with van der Waals surface area (Å²) >= 11 is 0. The predicted octanol–water partition coefficient (Wildman–Crippen LogP) is 4.19. The average Bonchev–Trinajstić information content (AvgIpc) is 3.31. The number of piperazine rings is 1. The smallest absolute Gasteiger partial charge is 0.320 e. The van der Waals surface area contributed by atoms with Crippen molar-refractivity contribution in [2.75, 3.05) is 25.0 Å². The van der Waals surface area contributed by atoms with E-state index in [1.807, 2.05) is 19.1 Å². The van der Waals surface area contributed by atoms with Gasteiger partial charge in [0.15, 0.2) is 0 Å². The molecule has 0 spiro atoms. The van der Waals surface area contributed by atoms with Crippen LogP contribution < -0.4 is 5.32 Å². The second kappa shape index (κ2) is 9.12. The fourth-order valence-electron chi connectivity index (χ4n) is 4.97. The van der Waals surface area contributed by atoms with Crippen LogP contribution in [-0.2, 0) is 13.0 Å². The molecule has 1 aromatic heterocycles. The van der Waals surface area contributed by atoms with Gasteiger partial charge in [-0.15, -0.1) is 5.10 Å². The first-order valence-corrected chi connectivity index (χ1v) is 11.2. The zero-order valence-electron chi connectivity index (χ0n) is 18.9. The number of anilines is 2. The van der Waals surface area contributed by atoms with Gasteiger partial charge in [0.05, 0.1) is 6.07 Å². The van der Waals surface area contributed by atoms with Gasteiger partial charge in [-0.3, -0.25) is 9.80 Å². The van der Waals surface area contributed by atoms with Crippen LogP contribution in [0.4, 0.5) is 20.5 Å². The van der Waals surface area contributed by atoms with E-state index in [2.05, 4.69) is 45.2 Å². The Morgan fingerprint density at radius 1 is 1.28 bits per heavy atom. The van der Waals surface area contributed by atoms with Gasteiger partial charge < -0.3 is 9.73 Å². The van der Waals surface area contributed by atoms with Crippen molar-refractivity contribution in [3.63, 3.8) is 0 Å². The fraction of sp³-hybridized carbons (Fsp3) is 0.609. The third-order valence-corrected chi connectivity index (χ3v) is 6.60. The maximum Gasteiger partial charge on any atom is 0.320 e. The Labute approximate surface area is 187 Å². The molecule has 9 heteroatoms. The van der Waals surface area contributed by atoms with E-state index in [9.17, 15) is 8.78 Å². The zero-order valence-corrected chi connectivity index (χ0v) is 18.9. The van der Waals surface area contributed by atoms with E-state index < -0.39 is 5.92 Å². The molecule has 1 saturated heterocycles. The van der Waals surface area contributed by atoms with Crippen LogP contribution in [0, 0.1) is 25.2 Å². The summed E-state index contributed by atoms with van der Waals surface area (Å²) in [4.78, 5) is 4.68. The third kappa shape index (κ3) is 5.08. The fourth-order valence-corrected chi connectivity index (χ4v) is 4.97. The van der Waals surface area contributed by atoms with Gasteiger partial charge in [-0.05, 0) is 49.9 Å². The van der Waals surface area contributed by atoms with Gasteiger partial charge in [0, 0.05) is 56.8 Å². The number of aryl methyl sites for hydroxylation is 1. The molecular weight excluding hydrogens is 414 g/mol. The van der Waals surface area contributed by atoms with Crippen LogP contribution in [0.15, 0.2) is 16.5 Å². The van der Waals surface area contributed by atoms with Crippen molar-refractivity contribution in [2.45, 2.75) is 71.0 Å². The number of benzene rings is 1. The second-order valence-electron chi connectivity index (χ2n) is 9.13. The molecule has 0 amide bonds. The summed E-state index contributed by atoms with van der Waals surface area (Å²) < 4.78 is 32.8. The molecule has 0 bridgehead atoms. The highest BCUT2D eigenvalue weighted by molar-refractivity contribution is 5.61. The minimum atomic E-state index is -2.50. The van der Waals surface area contributed by atoms with Gasteiger partial charge >= 0.3 is 6.01 Å². The molecule has 2 fully saturated rings. The minimum absolute atomic E-state index is 0.000937. The summed E-state index contributed by atoms with van der Waals surface area (Å²) in [6.07, 6.45) is 0.681. The summed E-state index contributed by atoms with van der Waals surface area (Å²) in [5.74, 6) is -2.22. The van der Waals surface area contributed by atoms with E-state index in [0.29, 0.717) is 6.42 Å². The molecule has 7 nitrogen and oxygen atoms in total. The molecule has 0 radical (unpaired) electrons. The number of hydrogen-bond acceptors (Lipinski definition) is 7. The molecule has 1 N–H and O–H groups in total. The molecule has 172 valence electrons. The van der Waals surface area contributed by atoms with Crippen molar-refractivity contribution >= 4 is 11.7 Å². The lowest BCUT2D eigenvalue weighted by Crippen LogP contribution is -2.54. The summed E-state index contributed by atoms with van der Waals surface area (Å²) in [6, 6.07) is 6.73. The Kier molecular flexibility index (Phi) is 6.45. The van der Waals surface area contributed by atoms with Crippen LogP contribution in [0.3, 0.4) is 0 Å². The normalized spacial score (nSPS) is 23.9. The first-order valence-electron chi connectivity index (χ1n) is 11.2. The minimum Gasteiger partial charge on any atom is -0.407 e. The van der Waals surface area contributed by atoms with Crippen LogP contribution in [-0.4, -0.2) is 57.6 Å². The van der Waals surface area contributed by atoms with Crippen molar-refractivity contribution in [1.82, 2.24) is 20.0 Å². The quantitative estimate of drug-likeness (QED) is 0.715. The second-order valence-corrected chi connectivity index (χ2v) is 9.13. The Morgan fingerprint density at radius 3 is 2.78 bits per heavy atom. The monoisotopic (exact) mass is 444 g/mol. The predicted molar refractivity (Wildman–Crippen MR) is 117 cm³/mol. The SMILES string of the molecule is Cc1cc(CN2CCN(C3CCC(F)(F)C3)[C@@H](C)C2)c(C)c(Nc2nnc(CC#N)o2)c1. The standard InChI is InChI=1S/C23H30F2N6O/c1-15-10-18(17(3)20(11-15)27-22-29-28-21(32-22)5-7-26)14-30-8-9-31(16(2)13-30)19-4-6-23(24,25)12-19/h10-11,16,19H,4-6,8-9,12-14H2,1-3H3,(H,27,29)/t16-,19?/m0/s1. The largest absolute Gasteiger partial charge is 0.407 e. The van der Waals surface area contributed by atoms with E-state index in [-0.39, 0.29) is 43.3 Å². The lowest BCUT2D eigenvalue weighted by molar-refractivity contribution is -0.0105. The number of nitrogens with zero attached hydrogens (tertiary/aromatic N) is 5. The van der Waals surface area contributed by atoms with Gasteiger partial charge in [-0.2, -0.15) is 5.26 Å². The lowest BCUT2D eigenvalue weighted by atomic mass is 10.0. The number of nitrogens with one attached hydrogen (secondary N) is 1. The number of rotatable bonds is 6. The van der Waals surface area contributed by atoms with Crippen molar-refractivity contribution in [3.8, 4) is 6.07 Å². The summed E-state index contributed by atoms with van der Waals surface area (Å²) in [5, 5.41) is 19.8. The first-order chi connectivity index (χ1) is 15.2. The van der Waals surface area contributed by atoms with E-state index in [1.165, 1.54) is 5.56 Å². The van der Waals surface area contributed by atoms with Gasteiger partial charge in [0.25, 0.3) is 0 Å². The molecular formula is C23H30F2N6O. The number of alkyl halides is 2. The van der Waals surface area contributed by atoms with E-state index in [1.54, 1.807) is 0 Å². The zero-order chi connectivity index (χ0) is 22.9. The van der Waals surface area contributed by atoms with E-state index in [4.69, 9.17) is 9.68 Å². The van der Waals surface area contributed by atoms with Crippen LogP contribution in [0.5, 0.6) is 0 Å². The molecule has 2 heterocycles. The van der Waals surface area contributed by atoms with Crippen LogP contribution in [0.25, 0.3) is 0 Å². The van der Waals surface area contributed by atoms with Crippen molar-refractivity contribution in [2.24, 2.45) is 0 Å². The molecule has 2 aliphatic rings.